The molecule has 82 valence electrons. The number of nitrogens with two attached hydrogens (primary N) is 1. The Morgan fingerprint density at radius 2 is 2.36 bits per heavy atom. The molecule has 0 saturated carbocycles. The maximum atomic E-state index is 11.1. The van der Waals surface area contributed by atoms with Gasteiger partial charge in [0.25, 0.3) is 7.52 Å². The Kier molecular flexibility index (Phi) is 4.16. The van der Waals surface area contributed by atoms with Crippen LogP contribution >= 0.6 is 7.52 Å². The zero-order valence-electron chi connectivity index (χ0n) is 8.97. The molecule has 0 spiro atoms. The molecule has 0 aromatic carbocycles. The van der Waals surface area contributed by atoms with E-state index in [0.717, 1.165) is 13.1 Å². The fourth-order valence-electron chi connectivity index (χ4n) is 1.60. The van der Waals surface area contributed by atoms with E-state index in [1.807, 2.05) is 14.9 Å². The third-order valence-corrected chi connectivity index (χ3v) is 2.69. The van der Waals surface area contributed by atoms with Gasteiger partial charge in [-0.2, -0.15) is 0 Å². The molecule has 0 aliphatic carbocycles. The van der Waals surface area contributed by atoms with Gasteiger partial charge in [-0.3, -0.25) is 10.1 Å². The molecule has 3 unspecified atom stereocenters. The van der Waals surface area contributed by atoms with Crippen LogP contribution in [0, 0.1) is 0 Å². The number of morpholine rings is 1. The molecule has 0 aromatic heterocycles. The summed E-state index contributed by atoms with van der Waals surface area (Å²) >= 11 is 0. The van der Waals surface area contributed by atoms with Gasteiger partial charge >= 0.3 is 0 Å². The topological polar surface area (TPSA) is 64.8 Å². The molecular formula is C7H18BN2O3P. The first kappa shape index (κ1) is 12.2. The summed E-state index contributed by atoms with van der Waals surface area (Å²) in [7, 11) is 1.17. The average Bonchev–Trinajstić information content (AvgIpc) is 1.97. The molecule has 1 heterocycles. The van der Waals surface area contributed by atoms with E-state index in [9.17, 15) is 4.57 Å². The molecule has 0 aromatic rings. The number of nitrogens with zero attached hydrogens (tertiary/aromatic N) is 1. The first-order chi connectivity index (χ1) is 6.37. The van der Waals surface area contributed by atoms with Gasteiger partial charge < -0.3 is 14.2 Å². The lowest BCUT2D eigenvalue weighted by molar-refractivity contribution is -0.0592. The van der Waals surface area contributed by atoms with E-state index >= 15 is 0 Å². The number of ether oxygens (including phenoxy) is 1. The molecule has 0 bridgehead atoms. The number of hydrogen-bond acceptors (Lipinski definition) is 4. The van der Waals surface area contributed by atoms with Crippen LogP contribution < -0.4 is 5.50 Å². The van der Waals surface area contributed by atoms with Gasteiger partial charge in [-0.15, -0.1) is 0 Å². The van der Waals surface area contributed by atoms with Crippen LogP contribution in [0.15, 0.2) is 0 Å². The van der Waals surface area contributed by atoms with Crippen LogP contribution in [-0.4, -0.2) is 58.3 Å². The molecule has 1 aliphatic rings. The van der Waals surface area contributed by atoms with E-state index in [2.05, 4.69) is 4.90 Å². The highest BCUT2D eigenvalue weighted by molar-refractivity contribution is 7.55. The molecule has 1 fully saturated rings. The fourth-order valence-corrected chi connectivity index (χ4v) is 2.06. The lowest BCUT2D eigenvalue weighted by Crippen LogP contribution is -2.47. The van der Waals surface area contributed by atoms with E-state index in [1.54, 1.807) is 0 Å². The quantitative estimate of drug-likeness (QED) is 0.492. The Morgan fingerprint density at radius 3 is 2.86 bits per heavy atom. The molecule has 1 aliphatic heterocycles. The van der Waals surface area contributed by atoms with Crippen LogP contribution in [-0.2, 0) is 13.8 Å². The maximum Gasteiger partial charge on any atom is 0.264 e. The molecule has 2 N–H and O–H groups in total. The third kappa shape index (κ3) is 4.57. The zero-order valence-corrected chi connectivity index (χ0v) is 9.87. The van der Waals surface area contributed by atoms with Gasteiger partial charge in [0.15, 0.2) is 0 Å². The monoisotopic (exact) mass is 220 g/mol. The Morgan fingerprint density at radius 1 is 1.71 bits per heavy atom. The van der Waals surface area contributed by atoms with Gasteiger partial charge in [-0.1, -0.05) is 0 Å². The van der Waals surface area contributed by atoms with E-state index in [4.69, 9.17) is 14.8 Å². The summed E-state index contributed by atoms with van der Waals surface area (Å²) < 4.78 is 21.8. The summed E-state index contributed by atoms with van der Waals surface area (Å²) in [4.78, 5) is 2.17. The Bertz CT molecular complexity index is 225. The van der Waals surface area contributed by atoms with Gasteiger partial charge in [-0.25, -0.2) is 0 Å². The lowest BCUT2D eigenvalue weighted by Gasteiger charge is -2.34. The Balaban J connectivity index is 2.34. The highest BCUT2D eigenvalue weighted by atomic mass is 31.2. The first-order valence-electron chi connectivity index (χ1n) is 4.71. The van der Waals surface area contributed by atoms with E-state index in [-0.39, 0.29) is 12.1 Å². The number of rotatable bonds is 3. The Hall–Kier alpha value is 0.135. The molecule has 7 heteroatoms. The van der Waals surface area contributed by atoms with Crippen molar-refractivity contribution in [1.29, 1.82) is 0 Å². The van der Waals surface area contributed by atoms with Crippen molar-refractivity contribution in [2.45, 2.75) is 12.1 Å². The second-order valence-electron chi connectivity index (χ2n) is 3.99. The molecular weight excluding hydrogens is 202 g/mol. The van der Waals surface area contributed by atoms with Crippen molar-refractivity contribution < 1.29 is 13.8 Å². The first-order valence-corrected chi connectivity index (χ1v) is 6.85. The van der Waals surface area contributed by atoms with Crippen molar-refractivity contribution in [3.63, 3.8) is 0 Å². The van der Waals surface area contributed by atoms with Gasteiger partial charge in [0.2, 0.25) is 0 Å². The largest absolute Gasteiger partial charge is 0.379 e. The number of likely N-dealkylation sites (N-methyl/N-ethyl adjacent to an activating group) is 1. The van der Waals surface area contributed by atoms with Crippen LogP contribution in [0.25, 0.3) is 0 Å². The van der Waals surface area contributed by atoms with Crippen LogP contribution in [0.1, 0.15) is 0 Å². The molecule has 1 saturated heterocycles. The maximum absolute atomic E-state index is 11.1. The van der Waals surface area contributed by atoms with Crippen molar-refractivity contribution in [2.75, 3.05) is 33.4 Å². The molecule has 0 amide bonds. The highest BCUT2D eigenvalue weighted by Crippen LogP contribution is 2.32. The lowest BCUT2D eigenvalue weighted by atomic mass is 9.98. The second-order valence-corrected chi connectivity index (χ2v) is 6.07. The SMILES string of the molecule is BC1CN(C)CC(COP(C)(N)=O)O1. The minimum Gasteiger partial charge on any atom is -0.379 e. The summed E-state index contributed by atoms with van der Waals surface area (Å²) in [6.45, 7) is 3.43. The van der Waals surface area contributed by atoms with E-state index in [0.29, 0.717) is 6.61 Å². The van der Waals surface area contributed by atoms with Gasteiger partial charge in [0.05, 0.1) is 12.7 Å². The van der Waals surface area contributed by atoms with Crippen molar-refractivity contribution in [1.82, 2.24) is 4.90 Å². The summed E-state index contributed by atoms with van der Waals surface area (Å²) in [5.74, 6) is 0. The van der Waals surface area contributed by atoms with E-state index < -0.39 is 7.52 Å². The summed E-state index contributed by atoms with van der Waals surface area (Å²) in [5, 5.41) is 0. The number of hydrogen-bond donors (Lipinski definition) is 1. The van der Waals surface area contributed by atoms with Crippen LogP contribution in [0.3, 0.4) is 0 Å². The molecule has 1 rings (SSSR count). The van der Waals surface area contributed by atoms with Crippen LogP contribution in [0.2, 0.25) is 0 Å². The normalized spacial score (nSPS) is 33.9. The van der Waals surface area contributed by atoms with Gasteiger partial charge in [0, 0.05) is 25.8 Å². The summed E-state index contributed by atoms with van der Waals surface area (Å²) in [6, 6.07) is 0.191. The van der Waals surface area contributed by atoms with E-state index in [1.165, 1.54) is 6.66 Å². The Labute approximate surface area is 85.8 Å². The smallest absolute Gasteiger partial charge is 0.264 e. The van der Waals surface area contributed by atoms with Crippen LogP contribution in [0.4, 0.5) is 0 Å². The summed E-state index contributed by atoms with van der Waals surface area (Å²) in [6.07, 6.45) is -0.0272. The zero-order chi connectivity index (χ0) is 10.8. The standard InChI is InChI=1S/C7H18BN2O3P/c1-10-3-6(13-7(8)4-10)5-12-14(2,9)11/h6-7H,3-5,8H2,1-2H3,(H2,9,11). The van der Waals surface area contributed by atoms with Crippen molar-refractivity contribution in [2.24, 2.45) is 5.50 Å². The fraction of sp³-hybridized carbons (Fsp3) is 1.00. The predicted octanol–water partition coefficient (Wildman–Crippen LogP) is -0.926. The predicted molar refractivity (Wildman–Crippen MR) is 58.4 cm³/mol. The second kappa shape index (κ2) is 4.77. The van der Waals surface area contributed by atoms with Crippen LogP contribution in [0.5, 0.6) is 0 Å². The minimum atomic E-state index is -2.87. The van der Waals surface area contributed by atoms with Crippen molar-refractivity contribution in [3.05, 3.63) is 0 Å². The third-order valence-electron chi connectivity index (χ3n) is 2.03. The van der Waals surface area contributed by atoms with Crippen molar-refractivity contribution in [3.8, 4) is 0 Å². The molecule has 0 radical (unpaired) electrons. The van der Waals surface area contributed by atoms with Gasteiger partial charge in [0.1, 0.15) is 7.85 Å². The molecule has 3 atom stereocenters. The summed E-state index contributed by atoms with van der Waals surface area (Å²) in [5.41, 5.74) is 5.29. The molecule has 14 heavy (non-hydrogen) atoms. The minimum absolute atomic E-state index is 0.0272. The highest BCUT2D eigenvalue weighted by Gasteiger charge is 2.24. The average molecular weight is 220 g/mol. The molecule has 5 nitrogen and oxygen atoms in total. The van der Waals surface area contributed by atoms with Crippen molar-refractivity contribution >= 4 is 15.4 Å². The van der Waals surface area contributed by atoms with Gasteiger partial charge in [-0.05, 0) is 7.05 Å².